The molecule has 9 aromatic carbocycles. The molecule has 0 N–H and O–H groups in total. The van der Waals surface area contributed by atoms with Crippen molar-refractivity contribution in [3.05, 3.63) is 218 Å². The van der Waals surface area contributed by atoms with E-state index in [4.69, 9.17) is 0 Å². The third-order valence-electron chi connectivity index (χ3n) is 9.81. The van der Waals surface area contributed by atoms with Gasteiger partial charge >= 0.3 is 0 Å². The van der Waals surface area contributed by atoms with Crippen LogP contribution in [0, 0.1) is 0 Å². The molecule has 2 nitrogen and oxygen atoms in total. The van der Waals surface area contributed by atoms with Gasteiger partial charge in [-0.25, -0.2) is 0 Å². The van der Waals surface area contributed by atoms with Crippen molar-refractivity contribution in [1.82, 2.24) is 0 Å². The van der Waals surface area contributed by atoms with Gasteiger partial charge in [0.15, 0.2) is 0 Å². The minimum Gasteiger partial charge on any atom is -0.310 e. The molecule has 0 aliphatic carbocycles. The number of hydrogen-bond donors (Lipinski definition) is 0. The van der Waals surface area contributed by atoms with Crippen LogP contribution in [-0.2, 0) is 0 Å². The SMILES string of the molecule is c1ccc(-c2ccc(N(c3ccccc3)c3ccc(N(c4ccccc4)c4ccc5cc(-c6ccccc6)ccc5c4)c4ccccc34)cc2)cc1. The molecule has 0 fully saturated rings. The van der Waals surface area contributed by atoms with Gasteiger partial charge in [0.05, 0.1) is 11.4 Å². The van der Waals surface area contributed by atoms with Crippen LogP contribution in [0.4, 0.5) is 34.1 Å². The van der Waals surface area contributed by atoms with E-state index in [1.165, 1.54) is 43.8 Å². The van der Waals surface area contributed by atoms with Crippen LogP contribution in [0.2, 0.25) is 0 Å². The molecule has 52 heavy (non-hydrogen) atoms. The largest absolute Gasteiger partial charge is 0.310 e. The van der Waals surface area contributed by atoms with Gasteiger partial charge in [-0.1, -0.05) is 152 Å². The van der Waals surface area contributed by atoms with Gasteiger partial charge < -0.3 is 9.80 Å². The predicted octanol–water partition coefficient (Wildman–Crippen LogP) is 14.3. The molecule has 2 heteroatoms. The van der Waals surface area contributed by atoms with Crippen molar-refractivity contribution < 1.29 is 0 Å². The van der Waals surface area contributed by atoms with E-state index in [0.717, 1.165) is 34.1 Å². The van der Waals surface area contributed by atoms with E-state index in [2.05, 4.69) is 228 Å². The number of fused-ring (bicyclic) bond motifs is 2. The minimum atomic E-state index is 1.10. The molecule has 9 aromatic rings. The molecular weight excluding hydrogens is 629 g/mol. The average Bonchev–Trinajstić information content (AvgIpc) is 3.23. The Morgan fingerprint density at radius 1 is 0.231 bits per heavy atom. The topological polar surface area (TPSA) is 6.48 Å². The fraction of sp³-hybridized carbons (Fsp3) is 0. The molecule has 0 aliphatic rings. The summed E-state index contributed by atoms with van der Waals surface area (Å²) in [5.41, 5.74) is 11.5. The van der Waals surface area contributed by atoms with Gasteiger partial charge in [-0.15, -0.1) is 0 Å². The van der Waals surface area contributed by atoms with Crippen LogP contribution in [0.3, 0.4) is 0 Å². The Balaban J connectivity index is 1.18. The molecule has 0 bridgehead atoms. The molecule has 0 radical (unpaired) electrons. The highest BCUT2D eigenvalue weighted by Gasteiger charge is 2.21. The van der Waals surface area contributed by atoms with Gasteiger partial charge in [-0.3, -0.25) is 0 Å². The fourth-order valence-electron chi connectivity index (χ4n) is 7.28. The number of benzene rings is 9. The third-order valence-corrected chi connectivity index (χ3v) is 9.81. The monoisotopic (exact) mass is 664 g/mol. The van der Waals surface area contributed by atoms with E-state index in [0.29, 0.717) is 0 Å². The second-order valence-corrected chi connectivity index (χ2v) is 13.0. The summed E-state index contributed by atoms with van der Waals surface area (Å²) in [6.07, 6.45) is 0. The van der Waals surface area contributed by atoms with Gasteiger partial charge in [0.2, 0.25) is 0 Å². The Kier molecular flexibility index (Phi) is 8.24. The first kappa shape index (κ1) is 31.1. The first-order chi connectivity index (χ1) is 25.8. The maximum Gasteiger partial charge on any atom is 0.0541 e. The van der Waals surface area contributed by atoms with Crippen LogP contribution in [0.5, 0.6) is 0 Å². The zero-order valence-corrected chi connectivity index (χ0v) is 28.7. The fourth-order valence-corrected chi connectivity index (χ4v) is 7.28. The lowest BCUT2D eigenvalue weighted by Gasteiger charge is -2.30. The highest BCUT2D eigenvalue weighted by atomic mass is 15.2. The molecule has 0 saturated heterocycles. The molecule has 0 saturated carbocycles. The lowest BCUT2D eigenvalue weighted by atomic mass is 10.00. The average molecular weight is 665 g/mol. The maximum atomic E-state index is 2.39. The van der Waals surface area contributed by atoms with Gasteiger partial charge in [0.1, 0.15) is 0 Å². The number of hydrogen-bond acceptors (Lipinski definition) is 2. The van der Waals surface area contributed by atoms with Gasteiger partial charge in [-0.2, -0.15) is 0 Å². The highest BCUT2D eigenvalue weighted by molar-refractivity contribution is 6.08. The quantitative estimate of drug-likeness (QED) is 0.159. The van der Waals surface area contributed by atoms with E-state index in [1.807, 2.05) is 0 Å². The predicted molar refractivity (Wildman–Crippen MR) is 222 cm³/mol. The van der Waals surface area contributed by atoms with Gasteiger partial charge in [-0.05, 0) is 99.8 Å². The number of nitrogens with zero attached hydrogens (tertiary/aromatic N) is 2. The third kappa shape index (κ3) is 5.97. The standard InChI is InChI=1S/C50H36N2/c1-5-15-37(16-6-1)39-27-30-45(31-28-39)51(43-19-9-3-10-20-43)49-33-34-50(48-24-14-13-23-47(48)49)52(44-21-11-4-12-22-44)46-32-29-41-35-40(25-26-42(41)36-46)38-17-7-2-8-18-38/h1-36H. The molecule has 0 aromatic heterocycles. The number of anilines is 6. The van der Waals surface area contributed by atoms with Crippen molar-refractivity contribution in [1.29, 1.82) is 0 Å². The Morgan fingerprint density at radius 2 is 0.596 bits per heavy atom. The summed E-state index contributed by atoms with van der Waals surface area (Å²) in [5.74, 6) is 0. The van der Waals surface area contributed by atoms with Crippen molar-refractivity contribution in [2.45, 2.75) is 0 Å². The summed E-state index contributed by atoms with van der Waals surface area (Å²) >= 11 is 0. The smallest absolute Gasteiger partial charge is 0.0541 e. The normalized spacial score (nSPS) is 11.1. The van der Waals surface area contributed by atoms with Crippen LogP contribution < -0.4 is 9.80 Å². The highest BCUT2D eigenvalue weighted by Crippen LogP contribution is 2.45. The summed E-state index contributed by atoms with van der Waals surface area (Å²) < 4.78 is 0. The van der Waals surface area contributed by atoms with E-state index in [-0.39, 0.29) is 0 Å². The Labute approximate surface area is 305 Å². The molecule has 246 valence electrons. The maximum absolute atomic E-state index is 2.39. The summed E-state index contributed by atoms with van der Waals surface area (Å²) in [4.78, 5) is 4.76. The molecule has 0 amide bonds. The van der Waals surface area contributed by atoms with Crippen molar-refractivity contribution in [2.75, 3.05) is 9.80 Å². The Hall–Kier alpha value is -6.90. The van der Waals surface area contributed by atoms with Crippen LogP contribution in [0.25, 0.3) is 43.8 Å². The summed E-state index contributed by atoms with van der Waals surface area (Å²) in [5, 5.41) is 4.76. The molecule has 9 rings (SSSR count). The first-order valence-electron chi connectivity index (χ1n) is 17.8. The minimum absolute atomic E-state index is 1.10. The van der Waals surface area contributed by atoms with Crippen molar-refractivity contribution in [3.8, 4) is 22.3 Å². The van der Waals surface area contributed by atoms with E-state index in [9.17, 15) is 0 Å². The van der Waals surface area contributed by atoms with E-state index in [1.54, 1.807) is 0 Å². The Morgan fingerprint density at radius 3 is 1.15 bits per heavy atom. The van der Waals surface area contributed by atoms with Crippen LogP contribution in [0.1, 0.15) is 0 Å². The van der Waals surface area contributed by atoms with Crippen molar-refractivity contribution in [2.24, 2.45) is 0 Å². The lowest BCUT2D eigenvalue weighted by molar-refractivity contribution is 1.28. The summed E-state index contributed by atoms with van der Waals surface area (Å²) in [7, 11) is 0. The van der Waals surface area contributed by atoms with Crippen LogP contribution in [-0.4, -0.2) is 0 Å². The lowest BCUT2D eigenvalue weighted by Crippen LogP contribution is -2.13. The first-order valence-corrected chi connectivity index (χ1v) is 17.8. The molecule has 0 heterocycles. The van der Waals surface area contributed by atoms with Crippen LogP contribution in [0.15, 0.2) is 218 Å². The molecule has 0 aliphatic heterocycles. The number of rotatable bonds is 8. The second kappa shape index (κ2) is 13.8. The van der Waals surface area contributed by atoms with Gasteiger partial charge in [0.25, 0.3) is 0 Å². The Bertz CT molecular complexity index is 2600. The molecule has 0 unspecified atom stereocenters. The van der Waals surface area contributed by atoms with E-state index < -0.39 is 0 Å². The molecule has 0 spiro atoms. The summed E-state index contributed by atoms with van der Waals surface area (Å²) in [6.45, 7) is 0. The second-order valence-electron chi connectivity index (χ2n) is 13.0. The zero-order valence-electron chi connectivity index (χ0n) is 28.7. The van der Waals surface area contributed by atoms with Crippen molar-refractivity contribution >= 4 is 55.7 Å². The molecule has 0 atom stereocenters. The van der Waals surface area contributed by atoms with Gasteiger partial charge in [0, 0.05) is 33.5 Å². The summed E-state index contributed by atoms with van der Waals surface area (Å²) in [6, 6.07) is 78.3. The number of para-hydroxylation sites is 2. The van der Waals surface area contributed by atoms with Crippen LogP contribution >= 0.6 is 0 Å². The molecular formula is C50H36N2. The zero-order chi connectivity index (χ0) is 34.7. The van der Waals surface area contributed by atoms with Crippen molar-refractivity contribution in [3.63, 3.8) is 0 Å². The van der Waals surface area contributed by atoms with E-state index >= 15 is 0 Å².